The van der Waals surface area contributed by atoms with Gasteiger partial charge in [0.25, 0.3) is 5.91 Å². The van der Waals surface area contributed by atoms with Crippen LogP contribution in [0, 0.1) is 0 Å². The molecule has 0 aliphatic heterocycles. The van der Waals surface area contributed by atoms with Crippen molar-refractivity contribution in [2.75, 3.05) is 19.1 Å². The van der Waals surface area contributed by atoms with Gasteiger partial charge in [-0.15, -0.1) is 0 Å². The molecule has 0 aliphatic rings. The molecule has 3 aromatic rings. The van der Waals surface area contributed by atoms with Crippen molar-refractivity contribution in [3.63, 3.8) is 0 Å². The Morgan fingerprint density at radius 3 is 2.38 bits per heavy atom. The van der Waals surface area contributed by atoms with E-state index in [-0.39, 0.29) is 11.7 Å². The number of furan rings is 1. The van der Waals surface area contributed by atoms with Gasteiger partial charge in [0.1, 0.15) is 0 Å². The van der Waals surface area contributed by atoms with Crippen molar-refractivity contribution in [2.45, 2.75) is 6.54 Å². The molecule has 1 heterocycles. The Balaban J connectivity index is 1.95. The number of amides is 1. The summed E-state index contributed by atoms with van der Waals surface area (Å²) in [6, 6.07) is 16.5. The smallest absolute Gasteiger partial charge is 0.294 e. The number of benzene rings is 2. The van der Waals surface area contributed by atoms with Crippen LogP contribution in [0.15, 0.2) is 69.8 Å². The van der Waals surface area contributed by atoms with E-state index in [0.29, 0.717) is 18.0 Å². The lowest BCUT2D eigenvalue weighted by Gasteiger charge is -2.22. The number of carbonyl (C=O) groups is 1. The molecule has 1 amide bonds. The van der Waals surface area contributed by atoms with Crippen LogP contribution in [0.25, 0.3) is 0 Å². The first-order chi connectivity index (χ1) is 12.6. The molecular weight excluding hydrogens is 398 g/mol. The number of hydrogen-bond donors (Lipinski definition) is 0. The van der Waals surface area contributed by atoms with Gasteiger partial charge < -0.3 is 18.8 Å². The first kappa shape index (κ1) is 18.1. The van der Waals surface area contributed by atoms with Crippen LogP contribution in [0.3, 0.4) is 0 Å². The van der Waals surface area contributed by atoms with Gasteiger partial charge in [-0.1, -0.05) is 22.0 Å². The van der Waals surface area contributed by atoms with E-state index in [0.717, 1.165) is 15.7 Å². The largest absolute Gasteiger partial charge is 0.493 e. The Kier molecular flexibility index (Phi) is 5.63. The molecule has 2 aromatic carbocycles. The summed E-state index contributed by atoms with van der Waals surface area (Å²) in [6.07, 6.45) is 1.49. The highest BCUT2D eigenvalue weighted by atomic mass is 79.9. The van der Waals surface area contributed by atoms with Gasteiger partial charge in [-0.25, -0.2) is 0 Å². The third-order valence-corrected chi connectivity index (χ3v) is 4.43. The van der Waals surface area contributed by atoms with Crippen LogP contribution in [-0.4, -0.2) is 20.1 Å². The second-order valence-electron chi connectivity index (χ2n) is 5.53. The van der Waals surface area contributed by atoms with Crippen LogP contribution in [0.5, 0.6) is 11.5 Å². The number of methoxy groups -OCH3 is 2. The monoisotopic (exact) mass is 415 g/mol. The maximum Gasteiger partial charge on any atom is 0.294 e. The van der Waals surface area contributed by atoms with Crippen molar-refractivity contribution < 1.29 is 18.7 Å². The summed E-state index contributed by atoms with van der Waals surface area (Å²) < 4.78 is 16.9. The molecule has 5 nitrogen and oxygen atoms in total. The Bertz CT molecular complexity index is 875. The van der Waals surface area contributed by atoms with E-state index in [4.69, 9.17) is 13.9 Å². The minimum atomic E-state index is -0.216. The Morgan fingerprint density at radius 1 is 1.04 bits per heavy atom. The van der Waals surface area contributed by atoms with Gasteiger partial charge in [0.2, 0.25) is 0 Å². The molecule has 26 heavy (non-hydrogen) atoms. The number of ether oxygens (including phenoxy) is 2. The predicted octanol–water partition coefficient (Wildman–Crippen LogP) is 4.91. The van der Waals surface area contributed by atoms with E-state index in [1.54, 1.807) is 31.3 Å². The van der Waals surface area contributed by atoms with Crippen LogP contribution in [0.2, 0.25) is 0 Å². The maximum absolute atomic E-state index is 12.9. The Morgan fingerprint density at radius 2 is 1.77 bits per heavy atom. The third kappa shape index (κ3) is 3.91. The van der Waals surface area contributed by atoms with Crippen LogP contribution >= 0.6 is 15.9 Å². The second kappa shape index (κ2) is 8.10. The topological polar surface area (TPSA) is 51.9 Å². The van der Waals surface area contributed by atoms with E-state index in [9.17, 15) is 4.79 Å². The van der Waals surface area contributed by atoms with Crippen molar-refractivity contribution in [1.82, 2.24) is 0 Å². The minimum Gasteiger partial charge on any atom is -0.493 e. The Hall–Kier alpha value is -2.73. The van der Waals surface area contributed by atoms with Crippen molar-refractivity contribution >= 4 is 27.5 Å². The molecule has 134 valence electrons. The fourth-order valence-electron chi connectivity index (χ4n) is 2.60. The Labute approximate surface area is 160 Å². The van der Waals surface area contributed by atoms with Crippen LogP contribution in [0.4, 0.5) is 5.69 Å². The van der Waals surface area contributed by atoms with Crippen molar-refractivity contribution in [1.29, 1.82) is 0 Å². The van der Waals surface area contributed by atoms with Gasteiger partial charge in [-0.3, -0.25) is 4.79 Å². The fraction of sp³-hybridized carbons (Fsp3) is 0.150. The molecule has 0 aliphatic carbocycles. The lowest BCUT2D eigenvalue weighted by molar-refractivity contribution is 0.0958. The molecule has 0 atom stereocenters. The summed E-state index contributed by atoms with van der Waals surface area (Å²) in [6.45, 7) is 0.363. The summed E-state index contributed by atoms with van der Waals surface area (Å²) in [5.74, 6) is 1.33. The van der Waals surface area contributed by atoms with Crippen LogP contribution in [0.1, 0.15) is 16.1 Å². The number of hydrogen-bond acceptors (Lipinski definition) is 4. The molecule has 6 heteroatoms. The highest BCUT2D eigenvalue weighted by Crippen LogP contribution is 2.29. The first-order valence-electron chi connectivity index (χ1n) is 7.94. The molecule has 0 radical (unpaired) electrons. The molecule has 0 saturated carbocycles. The number of anilines is 1. The number of nitrogens with zero attached hydrogens (tertiary/aromatic N) is 1. The summed E-state index contributed by atoms with van der Waals surface area (Å²) in [5, 5.41) is 0. The van der Waals surface area contributed by atoms with E-state index >= 15 is 0 Å². The van der Waals surface area contributed by atoms with E-state index in [1.165, 1.54) is 6.26 Å². The van der Waals surface area contributed by atoms with Gasteiger partial charge in [-0.2, -0.15) is 0 Å². The van der Waals surface area contributed by atoms with E-state index in [2.05, 4.69) is 15.9 Å². The highest BCUT2D eigenvalue weighted by molar-refractivity contribution is 9.10. The average molecular weight is 416 g/mol. The van der Waals surface area contributed by atoms with Gasteiger partial charge in [0, 0.05) is 10.2 Å². The predicted molar refractivity (Wildman–Crippen MR) is 103 cm³/mol. The number of carbonyl (C=O) groups excluding carboxylic acids is 1. The molecule has 0 bridgehead atoms. The quantitative estimate of drug-likeness (QED) is 0.573. The fourth-order valence-corrected chi connectivity index (χ4v) is 2.86. The normalized spacial score (nSPS) is 10.4. The molecule has 0 spiro atoms. The zero-order valence-corrected chi connectivity index (χ0v) is 16.0. The third-order valence-electron chi connectivity index (χ3n) is 3.90. The molecular formula is C20H18BrNO4. The zero-order valence-electron chi connectivity index (χ0n) is 14.4. The van der Waals surface area contributed by atoms with Crippen molar-refractivity contribution in [3.8, 4) is 11.5 Å². The van der Waals surface area contributed by atoms with Gasteiger partial charge >= 0.3 is 0 Å². The molecule has 3 rings (SSSR count). The second-order valence-corrected chi connectivity index (χ2v) is 6.45. The molecule has 0 N–H and O–H groups in total. The molecule has 0 unspecified atom stereocenters. The van der Waals surface area contributed by atoms with E-state index in [1.807, 2.05) is 42.5 Å². The van der Waals surface area contributed by atoms with Gasteiger partial charge in [-0.05, 0) is 54.1 Å². The summed E-state index contributed by atoms with van der Waals surface area (Å²) in [5.41, 5.74) is 1.68. The van der Waals surface area contributed by atoms with Crippen LogP contribution in [-0.2, 0) is 6.54 Å². The zero-order chi connectivity index (χ0) is 18.5. The summed E-state index contributed by atoms with van der Waals surface area (Å²) >= 11 is 3.42. The summed E-state index contributed by atoms with van der Waals surface area (Å²) in [4.78, 5) is 14.6. The van der Waals surface area contributed by atoms with Gasteiger partial charge in [0.15, 0.2) is 17.3 Å². The standard InChI is InChI=1S/C20H18BrNO4/c1-24-17-10-5-14(12-19(17)25-2)13-22(16-8-6-15(21)7-9-16)20(23)18-4-3-11-26-18/h3-12H,13H2,1-2H3. The van der Waals surface area contributed by atoms with Crippen molar-refractivity contribution in [2.24, 2.45) is 0 Å². The number of halogens is 1. The average Bonchev–Trinajstić information content (AvgIpc) is 3.21. The van der Waals surface area contributed by atoms with Crippen molar-refractivity contribution in [3.05, 3.63) is 76.7 Å². The highest BCUT2D eigenvalue weighted by Gasteiger charge is 2.21. The SMILES string of the molecule is COc1ccc(CN(C(=O)c2ccco2)c2ccc(Br)cc2)cc1OC. The maximum atomic E-state index is 12.9. The lowest BCUT2D eigenvalue weighted by Crippen LogP contribution is -2.30. The number of rotatable bonds is 6. The van der Waals surface area contributed by atoms with Gasteiger partial charge in [0.05, 0.1) is 27.0 Å². The summed E-state index contributed by atoms with van der Waals surface area (Å²) in [7, 11) is 3.17. The molecule has 0 saturated heterocycles. The first-order valence-corrected chi connectivity index (χ1v) is 8.73. The molecule has 0 fully saturated rings. The van der Waals surface area contributed by atoms with E-state index < -0.39 is 0 Å². The van der Waals surface area contributed by atoms with Crippen LogP contribution < -0.4 is 14.4 Å². The minimum absolute atomic E-state index is 0.216. The molecule has 1 aromatic heterocycles. The lowest BCUT2D eigenvalue weighted by atomic mass is 10.1.